The van der Waals surface area contributed by atoms with Crippen molar-refractivity contribution in [2.24, 2.45) is 5.73 Å². The Morgan fingerprint density at radius 1 is 1.47 bits per heavy atom. The first-order valence-electron chi connectivity index (χ1n) is 3.78. The molecular weight excluding hydrogens is 213 g/mol. The Hall–Kier alpha value is -1.86. The maximum atomic E-state index is 12.1. The molecule has 0 aliphatic heterocycles. The molecule has 0 unspecified atom stereocenters. The molecule has 0 saturated carbocycles. The normalized spacial score (nSPS) is 11.2. The zero-order chi connectivity index (χ0) is 11.6. The summed E-state index contributed by atoms with van der Waals surface area (Å²) in [5, 5.41) is 8.17. The zero-order valence-corrected chi connectivity index (χ0v) is 7.59. The Kier molecular flexibility index (Phi) is 2.78. The van der Waals surface area contributed by atoms with E-state index in [-0.39, 0.29) is 11.4 Å². The van der Waals surface area contributed by atoms with Crippen LogP contribution in [0.5, 0.6) is 0 Å². The number of hydrogen-bond acceptors (Lipinski definition) is 3. The number of nitrogens with one attached hydrogen (secondary N) is 1. The number of rotatable bonds is 1. The van der Waals surface area contributed by atoms with E-state index < -0.39 is 17.9 Å². The Morgan fingerprint density at radius 3 is 2.47 bits per heavy atom. The largest absolute Gasteiger partial charge is 0.435 e. The highest BCUT2D eigenvalue weighted by Crippen LogP contribution is 2.28. The van der Waals surface area contributed by atoms with Gasteiger partial charge in [-0.3, -0.25) is 5.32 Å². The van der Waals surface area contributed by atoms with Crippen LogP contribution in [0.2, 0.25) is 0 Å². The average molecular weight is 220 g/mol. The monoisotopic (exact) mass is 220 g/mol. The molecule has 0 aromatic carbocycles. The van der Waals surface area contributed by atoms with Gasteiger partial charge in [-0.05, 0) is 18.6 Å². The Bertz CT molecular complexity index is 390. The molecule has 1 aromatic heterocycles. The maximum Gasteiger partial charge on any atom is 0.435 e. The number of urea groups is 1. The highest BCUT2D eigenvalue weighted by molar-refractivity contribution is 5.87. The molecule has 1 rings (SSSR count). The number of carbonyl (C=O) groups excluding carboxylic acids is 1. The summed E-state index contributed by atoms with van der Waals surface area (Å²) < 4.78 is 36.4. The van der Waals surface area contributed by atoms with Gasteiger partial charge in [-0.1, -0.05) is 0 Å². The lowest BCUT2D eigenvalue weighted by molar-refractivity contribution is -0.141. The van der Waals surface area contributed by atoms with Crippen molar-refractivity contribution in [2.75, 3.05) is 5.32 Å². The summed E-state index contributed by atoms with van der Waals surface area (Å²) in [6, 6.07) is -0.134. The Labute approximate surface area is 82.5 Å². The minimum Gasteiger partial charge on any atom is -0.351 e. The summed E-state index contributed by atoms with van der Waals surface area (Å²) >= 11 is 0. The number of nitrogens with two attached hydrogens (primary N) is 1. The zero-order valence-electron chi connectivity index (χ0n) is 7.59. The first-order valence-corrected chi connectivity index (χ1v) is 3.78. The van der Waals surface area contributed by atoms with Crippen LogP contribution in [0.15, 0.2) is 6.07 Å². The van der Waals surface area contributed by atoms with E-state index in [0.29, 0.717) is 0 Å². The molecule has 8 heteroatoms. The summed E-state index contributed by atoms with van der Waals surface area (Å²) in [7, 11) is 0. The SMILES string of the molecule is Cc1cc(C(F)(F)F)nnc1NC(N)=O. The van der Waals surface area contributed by atoms with E-state index in [1.165, 1.54) is 6.92 Å². The number of hydrogen-bond donors (Lipinski definition) is 2. The molecular formula is C7H7F3N4O. The molecule has 0 aliphatic carbocycles. The van der Waals surface area contributed by atoms with Gasteiger partial charge in [-0.15, -0.1) is 10.2 Å². The molecule has 0 aliphatic rings. The summed E-state index contributed by atoms with van der Waals surface area (Å²) in [5.41, 5.74) is 3.80. The van der Waals surface area contributed by atoms with Crippen LogP contribution < -0.4 is 11.1 Å². The van der Waals surface area contributed by atoms with Crippen LogP contribution in [0.25, 0.3) is 0 Å². The number of nitrogens with zero attached hydrogens (tertiary/aromatic N) is 2. The molecule has 0 radical (unpaired) electrons. The topological polar surface area (TPSA) is 80.9 Å². The molecule has 1 aromatic rings. The Balaban J connectivity index is 3.03. The van der Waals surface area contributed by atoms with Crippen LogP contribution in [0, 0.1) is 6.92 Å². The van der Waals surface area contributed by atoms with Gasteiger partial charge in [-0.2, -0.15) is 13.2 Å². The molecule has 0 bridgehead atoms. The van der Waals surface area contributed by atoms with Crippen molar-refractivity contribution in [3.8, 4) is 0 Å². The molecule has 0 spiro atoms. The van der Waals surface area contributed by atoms with Gasteiger partial charge in [0.05, 0.1) is 0 Å². The third-order valence-corrected chi connectivity index (χ3v) is 1.52. The van der Waals surface area contributed by atoms with Gasteiger partial charge in [0, 0.05) is 0 Å². The quantitative estimate of drug-likeness (QED) is 0.748. The molecule has 15 heavy (non-hydrogen) atoms. The van der Waals surface area contributed by atoms with Crippen molar-refractivity contribution in [3.63, 3.8) is 0 Å². The van der Waals surface area contributed by atoms with Crippen LogP contribution in [-0.4, -0.2) is 16.2 Å². The van der Waals surface area contributed by atoms with E-state index in [1.807, 2.05) is 5.32 Å². The van der Waals surface area contributed by atoms with Crippen LogP contribution in [0.4, 0.5) is 23.8 Å². The van der Waals surface area contributed by atoms with Gasteiger partial charge in [0.2, 0.25) is 0 Å². The standard InChI is InChI=1S/C7H7F3N4O/c1-3-2-4(7(8,9)10)13-14-5(3)12-6(11)15/h2H,1H3,(H3,11,12,14,15). The molecule has 0 saturated heterocycles. The van der Waals surface area contributed by atoms with E-state index in [1.54, 1.807) is 0 Å². The van der Waals surface area contributed by atoms with Crippen LogP contribution >= 0.6 is 0 Å². The van der Waals surface area contributed by atoms with Gasteiger partial charge in [0.1, 0.15) is 0 Å². The lowest BCUT2D eigenvalue weighted by Gasteiger charge is -2.08. The van der Waals surface area contributed by atoms with E-state index >= 15 is 0 Å². The van der Waals surface area contributed by atoms with Crippen molar-refractivity contribution >= 4 is 11.8 Å². The summed E-state index contributed by atoms with van der Waals surface area (Å²) in [6.07, 6.45) is -4.55. The lowest BCUT2D eigenvalue weighted by atomic mass is 10.2. The first kappa shape index (κ1) is 11.2. The van der Waals surface area contributed by atoms with Crippen LogP contribution in [0.1, 0.15) is 11.3 Å². The molecule has 3 N–H and O–H groups in total. The predicted molar refractivity (Wildman–Crippen MR) is 45.0 cm³/mol. The minimum absolute atomic E-state index is 0.0875. The number of aryl methyl sites for hydroxylation is 1. The van der Waals surface area contributed by atoms with Crippen LogP contribution in [0.3, 0.4) is 0 Å². The molecule has 5 nitrogen and oxygen atoms in total. The highest BCUT2D eigenvalue weighted by Gasteiger charge is 2.33. The van der Waals surface area contributed by atoms with Crippen LogP contribution in [-0.2, 0) is 6.18 Å². The molecule has 2 amide bonds. The van der Waals surface area contributed by atoms with Gasteiger partial charge in [-0.25, -0.2) is 4.79 Å². The molecule has 0 fully saturated rings. The molecule has 82 valence electrons. The van der Waals surface area contributed by atoms with Gasteiger partial charge in [0.15, 0.2) is 11.5 Å². The van der Waals surface area contributed by atoms with E-state index in [9.17, 15) is 18.0 Å². The van der Waals surface area contributed by atoms with Crippen molar-refractivity contribution in [1.82, 2.24) is 10.2 Å². The number of alkyl halides is 3. The number of halogens is 3. The van der Waals surface area contributed by atoms with Crippen molar-refractivity contribution in [1.29, 1.82) is 0 Å². The average Bonchev–Trinajstić information content (AvgIpc) is 2.05. The molecule has 1 heterocycles. The summed E-state index contributed by atoms with van der Waals surface area (Å²) in [5.74, 6) is -0.0875. The lowest BCUT2D eigenvalue weighted by Crippen LogP contribution is -2.21. The number of carbonyl (C=O) groups is 1. The smallest absolute Gasteiger partial charge is 0.351 e. The van der Waals surface area contributed by atoms with Gasteiger partial charge < -0.3 is 5.73 Å². The second-order valence-corrected chi connectivity index (χ2v) is 2.75. The van der Waals surface area contributed by atoms with E-state index in [2.05, 4.69) is 10.2 Å². The molecule has 0 atom stereocenters. The van der Waals surface area contributed by atoms with Crippen molar-refractivity contribution in [2.45, 2.75) is 13.1 Å². The van der Waals surface area contributed by atoms with Crippen molar-refractivity contribution in [3.05, 3.63) is 17.3 Å². The Morgan fingerprint density at radius 2 is 2.07 bits per heavy atom. The number of primary amides is 1. The van der Waals surface area contributed by atoms with E-state index in [4.69, 9.17) is 5.73 Å². The fourth-order valence-electron chi connectivity index (χ4n) is 0.864. The fourth-order valence-corrected chi connectivity index (χ4v) is 0.864. The first-order chi connectivity index (χ1) is 6.80. The second kappa shape index (κ2) is 3.71. The summed E-state index contributed by atoms with van der Waals surface area (Å²) in [6.45, 7) is 1.36. The highest BCUT2D eigenvalue weighted by atomic mass is 19.4. The number of aromatic nitrogens is 2. The van der Waals surface area contributed by atoms with Gasteiger partial charge >= 0.3 is 12.2 Å². The fraction of sp³-hybridized carbons (Fsp3) is 0.286. The summed E-state index contributed by atoms with van der Waals surface area (Å²) in [4.78, 5) is 10.4. The van der Waals surface area contributed by atoms with Crippen molar-refractivity contribution < 1.29 is 18.0 Å². The third-order valence-electron chi connectivity index (χ3n) is 1.52. The predicted octanol–water partition coefficient (Wildman–Crippen LogP) is 1.29. The van der Waals surface area contributed by atoms with Gasteiger partial charge in [0.25, 0.3) is 0 Å². The maximum absolute atomic E-state index is 12.1. The second-order valence-electron chi connectivity index (χ2n) is 2.75. The van der Waals surface area contributed by atoms with E-state index in [0.717, 1.165) is 6.07 Å². The number of anilines is 1. The third kappa shape index (κ3) is 2.79. The number of amides is 2. The minimum atomic E-state index is -4.55.